The third kappa shape index (κ3) is 3.93. The van der Waals surface area contributed by atoms with Crippen LogP contribution in [0.25, 0.3) is 0 Å². The summed E-state index contributed by atoms with van der Waals surface area (Å²) in [6.45, 7) is 7.69. The molecule has 2 N–H and O–H groups in total. The van der Waals surface area contributed by atoms with Gasteiger partial charge in [-0.05, 0) is 30.0 Å². The van der Waals surface area contributed by atoms with Gasteiger partial charge in [-0.15, -0.1) is 0 Å². The molecule has 1 aromatic rings. The van der Waals surface area contributed by atoms with Crippen molar-refractivity contribution in [1.29, 1.82) is 0 Å². The summed E-state index contributed by atoms with van der Waals surface area (Å²) in [6, 6.07) is 5.59. The first-order chi connectivity index (χ1) is 7.29. The van der Waals surface area contributed by atoms with Crippen molar-refractivity contribution in [3.8, 4) is 0 Å². The van der Waals surface area contributed by atoms with Gasteiger partial charge in [-0.2, -0.15) is 0 Å². The van der Waals surface area contributed by atoms with Crippen LogP contribution < -0.4 is 10.6 Å². The molecule has 0 fully saturated rings. The molecular weight excluding hydrogens is 220 g/mol. The van der Waals surface area contributed by atoms with Crippen molar-refractivity contribution >= 4 is 23.0 Å². The normalized spacial score (nSPS) is 11.6. The highest BCUT2D eigenvalue weighted by Crippen LogP contribution is 2.27. The van der Waals surface area contributed by atoms with Gasteiger partial charge in [0.1, 0.15) is 0 Å². The van der Waals surface area contributed by atoms with Crippen LogP contribution in [0.5, 0.6) is 0 Å². The second-order valence-electron chi connectivity index (χ2n) is 5.44. The third-order valence-corrected chi connectivity index (χ3v) is 2.84. The Hall–Kier alpha value is -0.890. The molecule has 16 heavy (non-hydrogen) atoms. The van der Waals surface area contributed by atoms with E-state index in [-0.39, 0.29) is 0 Å². The highest BCUT2D eigenvalue weighted by molar-refractivity contribution is 6.31. The summed E-state index contributed by atoms with van der Waals surface area (Å²) in [5.74, 6) is 0. The molecule has 0 atom stereocenters. The first-order valence-electron chi connectivity index (χ1n) is 5.56. The maximum absolute atomic E-state index is 5.97. The van der Waals surface area contributed by atoms with E-state index in [2.05, 4.69) is 25.7 Å². The highest BCUT2D eigenvalue weighted by atomic mass is 35.5. The first-order valence-corrected chi connectivity index (χ1v) is 5.93. The van der Waals surface area contributed by atoms with E-state index in [1.54, 1.807) is 0 Å². The van der Waals surface area contributed by atoms with Gasteiger partial charge in [0.25, 0.3) is 0 Å². The van der Waals surface area contributed by atoms with Crippen molar-refractivity contribution in [2.75, 3.05) is 24.2 Å². The lowest BCUT2D eigenvalue weighted by molar-refractivity contribution is 0.382. The summed E-state index contributed by atoms with van der Waals surface area (Å²) in [7, 11) is 2.05. The number of anilines is 2. The molecule has 0 aromatic heterocycles. The summed E-state index contributed by atoms with van der Waals surface area (Å²) in [5.41, 5.74) is 8.05. The summed E-state index contributed by atoms with van der Waals surface area (Å²) >= 11 is 5.97. The van der Waals surface area contributed by atoms with Crippen molar-refractivity contribution in [3.05, 3.63) is 23.2 Å². The zero-order valence-corrected chi connectivity index (χ0v) is 11.3. The van der Waals surface area contributed by atoms with E-state index in [9.17, 15) is 0 Å². The monoisotopic (exact) mass is 240 g/mol. The summed E-state index contributed by atoms with van der Waals surface area (Å²) in [4.78, 5) is 2.16. The van der Waals surface area contributed by atoms with Gasteiger partial charge in [-0.3, -0.25) is 0 Å². The molecular formula is C13H21ClN2. The topological polar surface area (TPSA) is 29.3 Å². The van der Waals surface area contributed by atoms with E-state index < -0.39 is 0 Å². The number of hydrogen-bond acceptors (Lipinski definition) is 2. The van der Waals surface area contributed by atoms with E-state index >= 15 is 0 Å². The third-order valence-electron chi connectivity index (χ3n) is 2.60. The van der Waals surface area contributed by atoms with Crippen LogP contribution >= 0.6 is 11.6 Å². The maximum Gasteiger partial charge on any atom is 0.0612 e. The van der Waals surface area contributed by atoms with Crippen LogP contribution in [0, 0.1) is 5.41 Å². The SMILES string of the molecule is CN(CCC(C)(C)C)c1cc(Cl)ccc1N. The Bertz CT molecular complexity index is 355. The largest absolute Gasteiger partial charge is 0.397 e. The van der Waals surface area contributed by atoms with Crippen molar-refractivity contribution in [1.82, 2.24) is 0 Å². The van der Waals surface area contributed by atoms with Gasteiger partial charge in [-0.1, -0.05) is 32.4 Å². The number of nitrogens with two attached hydrogens (primary N) is 1. The predicted molar refractivity (Wildman–Crippen MR) is 73.2 cm³/mol. The second-order valence-corrected chi connectivity index (χ2v) is 5.87. The molecule has 90 valence electrons. The van der Waals surface area contributed by atoms with Crippen molar-refractivity contribution in [3.63, 3.8) is 0 Å². The molecule has 0 aliphatic carbocycles. The van der Waals surface area contributed by atoms with E-state index in [1.807, 2.05) is 25.2 Å². The lowest BCUT2D eigenvalue weighted by atomic mass is 9.92. The number of halogens is 1. The number of nitrogen functional groups attached to an aromatic ring is 1. The van der Waals surface area contributed by atoms with Crippen LogP contribution in [0.15, 0.2) is 18.2 Å². The minimum Gasteiger partial charge on any atom is -0.397 e. The molecule has 3 heteroatoms. The van der Waals surface area contributed by atoms with Gasteiger partial charge < -0.3 is 10.6 Å². The molecule has 0 aliphatic heterocycles. The van der Waals surface area contributed by atoms with E-state index in [1.165, 1.54) is 0 Å². The molecule has 0 bridgehead atoms. The molecule has 0 saturated carbocycles. The molecule has 0 amide bonds. The standard InChI is InChI=1S/C13H21ClN2/c1-13(2,3)7-8-16(4)12-9-10(14)5-6-11(12)15/h5-6,9H,7-8,15H2,1-4H3. The molecule has 0 heterocycles. The van der Waals surface area contributed by atoms with Gasteiger partial charge in [0.05, 0.1) is 11.4 Å². The Labute approximate surface area is 103 Å². The van der Waals surface area contributed by atoms with Crippen LogP contribution in [-0.2, 0) is 0 Å². The van der Waals surface area contributed by atoms with Gasteiger partial charge in [0.15, 0.2) is 0 Å². The molecule has 0 saturated heterocycles. The van der Waals surface area contributed by atoms with E-state index in [0.29, 0.717) is 5.41 Å². The summed E-state index contributed by atoms with van der Waals surface area (Å²) in [5, 5.41) is 0.729. The fourth-order valence-electron chi connectivity index (χ4n) is 1.47. The molecule has 1 rings (SSSR count). The second kappa shape index (κ2) is 4.96. The Morgan fingerprint density at radius 1 is 1.31 bits per heavy atom. The van der Waals surface area contributed by atoms with Gasteiger partial charge in [0.2, 0.25) is 0 Å². The molecule has 1 aromatic carbocycles. The van der Waals surface area contributed by atoms with Crippen molar-refractivity contribution < 1.29 is 0 Å². The van der Waals surface area contributed by atoms with E-state index in [4.69, 9.17) is 17.3 Å². The minimum absolute atomic E-state index is 0.335. The lowest BCUT2D eigenvalue weighted by Gasteiger charge is -2.26. The number of benzene rings is 1. The Kier molecular flexibility index (Phi) is 4.09. The highest BCUT2D eigenvalue weighted by Gasteiger charge is 2.13. The van der Waals surface area contributed by atoms with Crippen LogP contribution in [0.1, 0.15) is 27.2 Å². The fraction of sp³-hybridized carbons (Fsp3) is 0.538. The average Bonchev–Trinajstić information content (AvgIpc) is 2.17. The zero-order valence-electron chi connectivity index (χ0n) is 10.5. The minimum atomic E-state index is 0.335. The number of nitrogens with zero attached hydrogens (tertiary/aromatic N) is 1. The van der Waals surface area contributed by atoms with Crippen molar-refractivity contribution in [2.45, 2.75) is 27.2 Å². The maximum atomic E-state index is 5.97. The number of hydrogen-bond donors (Lipinski definition) is 1. The van der Waals surface area contributed by atoms with Gasteiger partial charge in [0, 0.05) is 18.6 Å². The van der Waals surface area contributed by atoms with Gasteiger partial charge in [-0.25, -0.2) is 0 Å². The molecule has 0 unspecified atom stereocenters. The first kappa shape index (κ1) is 13.2. The van der Waals surface area contributed by atoms with Crippen molar-refractivity contribution in [2.24, 2.45) is 5.41 Å². The molecule has 0 spiro atoms. The Morgan fingerprint density at radius 3 is 2.50 bits per heavy atom. The average molecular weight is 241 g/mol. The smallest absolute Gasteiger partial charge is 0.0612 e. The summed E-state index contributed by atoms with van der Waals surface area (Å²) in [6.07, 6.45) is 1.12. The number of rotatable bonds is 3. The lowest BCUT2D eigenvalue weighted by Crippen LogP contribution is -2.23. The van der Waals surface area contributed by atoms with Crippen LogP contribution in [0.4, 0.5) is 11.4 Å². The summed E-state index contributed by atoms with van der Waals surface area (Å²) < 4.78 is 0. The zero-order chi connectivity index (χ0) is 12.3. The van der Waals surface area contributed by atoms with Crippen LogP contribution in [-0.4, -0.2) is 13.6 Å². The molecule has 0 aliphatic rings. The predicted octanol–water partition coefficient (Wildman–Crippen LogP) is 3.79. The van der Waals surface area contributed by atoms with E-state index in [0.717, 1.165) is 29.4 Å². The van der Waals surface area contributed by atoms with Gasteiger partial charge >= 0.3 is 0 Å². The Balaban J connectivity index is 2.73. The van der Waals surface area contributed by atoms with Crippen LogP contribution in [0.3, 0.4) is 0 Å². The molecule has 0 radical (unpaired) electrons. The Morgan fingerprint density at radius 2 is 1.94 bits per heavy atom. The quantitative estimate of drug-likeness (QED) is 0.815. The fourth-order valence-corrected chi connectivity index (χ4v) is 1.64. The molecule has 2 nitrogen and oxygen atoms in total. The van der Waals surface area contributed by atoms with Crippen LogP contribution in [0.2, 0.25) is 5.02 Å².